The van der Waals surface area contributed by atoms with E-state index in [2.05, 4.69) is 4.99 Å². The standard InChI is InChI=1S/C7H14BNO2/c1-7(2,11)6(5-10)9-4-3-8/h4-5,10-11H,3,8H2,1-2H3/b6-5-,9-4-. The number of aliphatic hydroxyl groups is 2. The van der Waals surface area contributed by atoms with E-state index in [9.17, 15) is 5.11 Å². The van der Waals surface area contributed by atoms with Crippen molar-refractivity contribution >= 4 is 14.1 Å². The smallest absolute Gasteiger partial charge is 0.108 e. The van der Waals surface area contributed by atoms with Crippen LogP contribution in [0.3, 0.4) is 0 Å². The van der Waals surface area contributed by atoms with Gasteiger partial charge < -0.3 is 10.2 Å². The molecule has 11 heavy (non-hydrogen) atoms. The summed E-state index contributed by atoms with van der Waals surface area (Å²) in [6, 6.07) is 0. The van der Waals surface area contributed by atoms with Crippen LogP contribution in [-0.4, -0.2) is 29.9 Å². The molecule has 3 nitrogen and oxygen atoms in total. The van der Waals surface area contributed by atoms with Gasteiger partial charge >= 0.3 is 0 Å². The molecule has 0 rings (SSSR count). The summed E-state index contributed by atoms with van der Waals surface area (Å²) in [4.78, 5) is 3.87. The molecular weight excluding hydrogens is 141 g/mol. The third-order valence-corrected chi connectivity index (χ3v) is 1.16. The summed E-state index contributed by atoms with van der Waals surface area (Å²) >= 11 is 0. The number of aliphatic hydroxyl groups excluding tert-OH is 1. The van der Waals surface area contributed by atoms with Gasteiger partial charge in [-0.25, -0.2) is 0 Å². The van der Waals surface area contributed by atoms with E-state index in [0.717, 1.165) is 12.6 Å². The van der Waals surface area contributed by atoms with Crippen LogP contribution in [-0.2, 0) is 0 Å². The predicted molar refractivity (Wildman–Crippen MR) is 48.9 cm³/mol. The number of aliphatic imine (C=N–C) groups is 1. The van der Waals surface area contributed by atoms with Crippen molar-refractivity contribution in [3.63, 3.8) is 0 Å². The Morgan fingerprint density at radius 3 is 2.45 bits per heavy atom. The van der Waals surface area contributed by atoms with E-state index in [-0.39, 0.29) is 5.70 Å². The van der Waals surface area contributed by atoms with Crippen molar-refractivity contribution in [1.29, 1.82) is 0 Å². The van der Waals surface area contributed by atoms with Crippen molar-refractivity contribution in [2.75, 3.05) is 0 Å². The Labute approximate surface area is 67.9 Å². The fraction of sp³-hybridized carbons (Fsp3) is 0.571. The van der Waals surface area contributed by atoms with Crippen LogP contribution >= 0.6 is 0 Å². The lowest BCUT2D eigenvalue weighted by atomic mass is 10.1. The molecule has 0 aromatic heterocycles. The van der Waals surface area contributed by atoms with Gasteiger partial charge in [0.25, 0.3) is 0 Å². The molecule has 4 heteroatoms. The van der Waals surface area contributed by atoms with Gasteiger partial charge in [0.15, 0.2) is 0 Å². The van der Waals surface area contributed by atoms with Crippen molar-refractivity contribution < 1.29 is 10.2 Å². The van der Waals surface area contributed by atoms with E-state index in [1.54, 1.807) is 20.1 Å². The number of nitrogens with zero attached hydrogens (tertiary/aromatic N) is 1. The molecule has 0 amide bonds. The second-order valence-corrected chi connectivity index (χ2v) is 2.79. The summed E-state index contributed by atoms with van der Waals surface area (Å²) in [7, 11) is 1.93. The van der Waals surface area contributed by atoms with Gasteiger partial charge in [-0.1, -0.05) is 0 Å². The maximum absolute atomic E-state index is 9.36. The van der Waals surface area contributed by atoms with Crippen molar-refractivity contribution in [3.8, 4) is 0 Å². The molecule has 0 aromatic rings. The molecule has 0 saturated heterocycles. The molecule has 0 radical (unpaired) electrons. The van der Waals surface area contributed by atoms with Gasteiger partial charge in [0.2, 0.25) is 0 Å². The van der Waals surface area contributed by atoms with Crippen molar-refractivity contribution in [3.05, 3.63) is 12.0 Å². The molecule has 0 unspecified atom stereocenters. The zero-order valence-electron chi connectivity index (χ0n) is 7.20. The first-order valence-corrected chi connectivity index (χ1v) is 3.62. The van der Waals surface area contributed by atoms with Gasteiger partial charge in [-0.05, 0) is 26.4 Å². The lowest BCUT2D eigenvalue weighted by Crippen LogP contribution is -2.20. The monoisotopic (exact) mass is 155 g/mol. The molecule has 0 aliphatic rings. The van der Waals surface area contributed by atoms with Gasteiger partial charge in [-0.3, -0.25) is 4.99 Å². The Balaban J connectivity index is 4.33. The summed E-state index contributed by atoms with van der Waals surface area (Å²) in [5.41, 5.74) is -0.792. The molecule has 0 bridgehead atoms. The minimum Gasteiger partial charge on any atom is -0.514 e. The Morgan fingerprint density at radius 2 is 2.18 bits per heavy atom. The quantitative estimate of drug-likeness (QED) is 0.349. The lowest BCUT2D eigenvalue weighted by Gasteiger charge is -2.16. The summed E-state index contributed by atoms with van der Waals surface area (Å²) in [6.45, 7) is 3.14. The van der Waals surface area contributed by atoms with Gasteiger partial charge in [0, 0.05) is 0 Å². The van der Waals surface area contributed by atoms with Crippen LogP contribution in [0, 0.1) is 0 Å². The number of hydrogen-bond donors (Lipinski definition) is 2. The van der Waals surface area contributed by atoms with Crippen LogP contribution in [0.2, 0.25) is 6.32 Å². The van der Waals surface area contributed by atoms with E-state index in [1.807, 2.05) is 7.85 Å². The minimum atomic E-state index is -1.07. The summed E-state index contributed by atoms with van der Waals surface area (Å²) in [5.74, 6) is 0. The Hall–Kier alpha value is -0.765. The molecule has 2 N–H and O–H groups in total. The van der Waals surface area contributed by atoms with Crippen LogP contribution in [0.25, 0.3) is 0 Å². The minimum absolute atomic E-state index is 0.277. The van der Waals surface area contributed by atoms with Crippen molar-refractivity contribution in [2.24, 2.45) is 4.99 Å². The molecule has 0 saturated carbocycles. The largest absolute Gasteiger partial charge is 0.514 e. The van der Waals surface area contributed by atoms with E-state index in [1.165, 1.54) is 0 Å². The maximum atomic E-state index is 9.36. The third kappa shape index (κ3) is 3.83. The maximum Gasteiger partial charge on any atom is 0.108 e. The molecule has 0 atom stereocenters. The molecule has 0 heterocycles. The van der Waals surface area contributed by atoms with E-state index >= 15 is 0 Å². The Bertz CT molecular complexity index is 170. The molecule has 0 spiro atoms. The first-order chi connectivity index (χ1) is 5.02. The van der Waals surface area contributed by atoms with Crippen LogP contribution in [0.5, 0.6) is 0 Å². The lowest BCUT2D eigenvalue weighted by molar-refractivity contribution is 0.115. The highest BCUT2D eigenvalue weighted by molar-refractivity contribution is 6.16. The molecule has 0 aromatic carbocycles. The molecule has 0 aliphatic carbocycles. The highest BCUT2D eigenvalue weighted by atomic mass is 16.3. The molecule has 62 valence electrons. The van der Waals surface area contributed by atoms with Crippen molar-refractivity contribution in [2.45, 2.75) is 25.8 Å². The molecule has 0 aliphatic heterocycles. The van der Waals surface area contributed by atoms with Crippen molar-refractivity contribution in [1.82, 2.24) is 0 Å². The third-order valence-electron chi connectivity index (χ3n) is 1.16. The summed E-state index contributed by atoms with van der Waals surface area (Å²) in [5, 5.41) is 18.0. The Kier molecular flexibility index (Phi) is 3.89. The molecular formula is C7H14BNO2. The SMILES string of the molecule is BC/C=N\C(=C/O)C(C)(C)O. The van der Waals surface area contributed by atoms with Gasteiger partial charge in [0.1, 0.15) is 25.4 Å². The summed E-state index contributed by atoms with van der Waals surface area (Å²) < 4.78 is 0. The highest BCUT2D eigenvalue weighted by Gasteiger charge is 2.18. The van der Waals surface area contributed by atoms with Crippen LogP contribution in [0.1, 0.15) is 13.8 Å². The fourth-order valence-corrected chi connectivity index (χ4v) is 0.539. The van der Waals surface area contributed by atoms with Gasteiger partial charge in [-0.15, -0.1) is 0 Å². The Morgan fingerprint density at radius 1 is 1.64 bits per heavy atom. The zero-order valence-corrected chi connectivity index (χ0v) is 7.20. The zero-order chi connectivity index (χ0) is 8.91. The number of rotatable bonds is 3. The highest BCUT2D eigenvalue weighted by Crippen LogP contribution is 2.15. The van der Waals surface area contributed by atoms with Crippen LogP contribution in [0.15, 0.2) is 17.0 Å². The fourth-order valence-electron chi connectivity index (χ4n) is 0.539. The van der Waals surface area contributed by atoms with E-state index in [0.29, 0.717) is 0 Å². The van der Waals surface area contributed by atoms with E-state index in [4.69, 9.17) is 5.11 Å². The first kappa shape index (κ1) is 10.2. The second-order valence-electron chi connectivity index (χ2n) is 2.79. The van der Waals surface area contributed by atoms with Gasteiger partial charge in [-0.2, -0.15) is 0 Å². The molecule has 0 fully saturated rings. The van der Waals surface area contributed by atoms with Gasteiger partial charge in [0.05, 0.1) is 0 Å². The van der Waals surface area contributed by atoms with E-state index < -0.39 is 5.60 Å². The second kappa shape index (κ2) is 4.18. The van der Waals surface area contributed by atoms with Crippen LogP contribution in [0.4, 0.5) is 0 Å². The normalized spacial score (nSPS) is 14.3. The predicted octanol–water partition coefficient (Wildman–Crippen LogP) is 0.279. The average molecular weight is 155 g/mol. The average Bonchev–Trinajstić information content (AvgIpc) is 1.87. The summed E-state index contributed by atoms with van der Waals surface area (Å²) in [6.07, 6.45) is 3.25. The number of hydrogen-bond acceptors (Lipinski definition) is 3. The topological polar surface area (TPSA) is 52.8 Å². The van der Waals surface area contributed by atoms with Crippen LogP contribution < -0.4 is 0 Å². The first-order valence-electron chi connectivity index (χ1n) is 3.62.